The fraction of sp³-hybridized carbons (Fsp3) is 0.292. The molecule has 3 aromatic rings. The van der Waals surface area contributed by atoms with Gasteiger partial charge in [0.25, 0.3) is 5.56 Å². The number of nitrogens with two attached hydrogens (primary N) is 1. The maximum atomic E-state index is 14.5. The summed E-state index contributed by atoms with van der Waals surface area (Å²) in [5, 5.41) is 9.10. The van der Waals surface area contributed by atoms with Crippen molar-refractivity contribution >= 4 is 5.82 Å². The Bertz CT molecular complexity index is 1240. The molecule has 1 aliphatic rings. The van der Waals surface area contributed by atoms with Gasteiger partial charge in [-0.1, -0.05) is 6.07 Å². The van der Waals surface area contributed by atoms with Gasteiger partial charge >= 0.3 is 0 Å². The Morgan fingerprint density at radius 2 is 1.81 bits per heavy atom. The zero-order valence-electron chi connectivity index (χ0n) is 18.0. The van der Waals surface area contributed by atoms with Crippen LogP contribution in [-0.4, -0.2) is 35.8 Å². The van der Waals surface area contributed by atoms with Crippen LogP contribution in [-0.2, 0) is 7.05 Å². The first-order valence-electron chi connectivity index (χ1n) is 10.4. The molecule has 1 aromatic heterocycles. The second kappa shape index (κ2) is 8.81. The summed E-state index contributed by atoms with van der Waals surface area (Å²) in [6.07, 6.45) is 1.54. The minimum absolute atomic E-state index is 0.0465. The molecular weight excluding hydrogens is 409 g/mol. The molecule has 2 aromatic carbocycles. The molecule has 2 heterocycles. The maximum Gasteiger partial charge on any atom is 0.293 e. The fourth-order valence-electron chi connectivity index (χ4n) is 3.97. The van der Waals surface area contributed by atoms with E-state index in [1.807, 2.05) is 23.1 Å². The van der Waals surface area contributed by atoms with Gasteiger partial charge in [0.15, 0.2) is 5.82 Å². The number of piperidine rings is 1. The first-order valence-corrected chi connectivity index (χ1v) is 10.4. The highest BCUT2D eigenvalue weighted by atomic mass is 19.1. The Morgan fingerprint density at radius 1 is 1.16 bits per heavy atom. The van der Waals surface area contributed by atoms with Crippen LogP contribution in [0.2, 0.25) is 0 Å². The van der Waals surface area contributed by atoms with Crippen LogP contribution in [0.3, 0.4) is 0 Å². The van der Waals surface area contributed by atoms with Crippen LogP contribution in [0, 0.1) is 17.1 Å². The number of benzene rings is 2. The first-order chi connectivity index (χ1) is 15.4. The molecule has 0 radical (unpaired) electrons. The third-order valence-electron chi connectivity index (χ3n) is 5.84. The molecule has 0 aliphatic carbocycles. The Morgan fingerprint density at radius 3 is 2.41 bits per heavy atom. The largest absolute Gasteiger partial charge is 0.497 e. The third kappa shape index (κ3) is 3.95. The van der Waals surface area contributed by atoms with Crippen molar-refractivity contribution in [2.45, 2.75) is 18.9 Å². The average molecular weight is 433 g/mol. The first kappa shape index (κ1) is 21.5. The number of ether oxygens (including phenoxy) is 1. The maximum absolute atomic E-state index is 14.5. The van der Waals surface area contributed by atoms with Crippen LogP contribution in [0.25, 0.3) is 22.5 Å². The number of hydrogen-bond acceptors (Lipinski definition) is 6. The molecule has 0 amide bonds. The molecule has 0 atom stereocenters. The van der Waals surface area contributed by atoms with Crippen molar-refractivity contribution in [3.63, 3.8) is 0 Å². The number of hydrogen-bond donors (Lipinski definition) is 1. The van der Waals surface area contributed by atoms with Crippen molar-refractivity contribution in [1.82, 2.24) is 9.55 Å². The van der Waals surface area contributed by atoms with E-state index in [2.05, 4.69) is 0 Å². The molecule has 4 rings (SSSR count). The highest BCUT2D eigenvalue weighted by Gasteiger charge is 2.24. The second-order valence-electron chi connectivity index (χ2n) is 7.86. The molecule has 1 saturated heterocycles. The van der Waals surface area contributed by atoms with Crippen molar-refractivity contribution in [2.24, 2.45) is 12.8 Å². The minimum Gasteiger partial charge on any atom is -0.497 e. The summed E-state index contributed by atoms with van der Waals surface area (Å²) in [7, 11) is 3.27. The molecule has 32 heavy (non-hydrogen) atoms. The summed E-state index contributed by atoms with van der Waals surface area (Å²) in [5.74, 6) is 0.363. The van der Waals surface area contributed by atoms with Crippen LogP contribution in [0.1, 0.15) is 18.4 Å². The number of nitrogens with zero attached hydrogens (tertiary/aromatic N) is 4. The number of rotatable bonds is 4. The molecule has 0 bridgehead atoms. The van der Waals surface area contributed by atoms with Gasteiger partial charge in [-0.25, -0.2) is 9.37 Å². The lowest BCUT2D eigenvalue weighted by atomic mass is 10.0. The van der Waals surface area contributed by atoms with Gasteiger partial charge in [0.1, 0.15) is 17.6 Å². The number of aromatic nitrogens is 2. The normalized spacial score (nSPS) is 14.3. The van der Waals surface area contributed by atoms with Crippen LogP contribution in [0.5, 0.6) is 5.75 Å². The summed E-state index contributed by atoms with van der Waals surface area (Å²) >= 11 is 0. The molecule has 0 saturated carbocycles. The van der Waals surface area contributed by atoms with Crippen LogP contribution < -0.4 is 20.9 Å². The van der Waals surface area contributed by atoms with Gasteiger partial charge in [-0.3, -0.25) is 4.79 Å². The highest BCUT2D eigenvalue weighted by molar-refractivity contribution is 5.80. The summed E-state index contributed by atoms with van der Waals surface area (Å²) in [6.45, 7) is 1.26. The molecule has 164 valence electrons. The summed E-state index contributed by atoms with van der Waals surface area (Å²) in [6, 6.07) is 13.6. The van der Waals surface area contributed by atoms with E-state index < -0.39 is 5.82 Å². The lowest BCUT2D eigenvalue weighted by molar-refractivity contribution is 0.415. The molecule has 1 aliphatic heterocycles. The Kier molecular flexibility index (Phi) is 5.93. The van der Waals surface area contributed by atoms with Crippen molar-refractivity contribution in [2.75, 3.05) is 25.1 Å². The molecule has 0 spiro atoms. The number of halogens is 1. The van der Waals surface area contributed by atoms with E-state index in [4.69, 9.17) is 20.7 Å². The highest BCUT2D eigenvalue weighted by Crippen LogP contribution is 2.33. The number of nitriles is 1. The molecule has 8 heteroatoms. The second-order valence-corrected chi connectivity index (χ2v) is 7.86. The average Bonchev–Trinajstić information content (AvgIpc) is 2.81. The van der Waals surface area contributed by atoms with E-state index in [1.54, 1.807) is 36.9 Å². The van der Waals surface area contributed by atoms with Gasteiger partial charge in [-0.15, -0.1) is 0 Å². The zero-order valence-corrected chi connectivity index (χ0v) is 18.0. The van der Waals surface area contributed by atoms with Gasteiger partial charge in [0.05, 0.1) is 24.1 Å². The SMILES string of the molecule is COc1ccc(-c2c(-c3ccc(C#N)c(F)c3)nc(N3CCC(N)CC3)c(=O)n2C)cc1. The summed E-state index contributed by atoms with van der Waals surface area (Å²) in [4.78, 5) is 20.0. The smallest absolute Gasteiger partial charge is 0.293 e. The van der Waals surface area contributed by atoms with Gasteiger partial charge in [0, 0.05) is 37.3 Å². The molecule has 1 fully saturated rings. The van der Waals surface area contributed by atoms with Crippen molar-refractivity contribution < 1.29 is 9.13 Å². The predicted octanol–water partition coefficient (Wildman–Crippen LogP) is 3.06. The zero-order chi connectivity index (χ0) is 22.8. The molecule has 7 nitrogen and oxygen atoms in total. The minimum atomic E-state index is -0.633. The topological polar surface area (TPSA) is 97.2 Å². The Balaban J connectivity index is 1.93. The van der Waals surface area contributed by atoms with Crippen LogP contribution >= 0.6 is 0 Å². The van der Waals surface area contributed by atoms with Gasteiger partial charge in [-0.05, 0) is 49.2 Å². The van der Waals surface area contributed by atoms with Gasteiger partial charge in [-0.2, -0.15) is 5.26 Å². The van der Waals surface area contributed by atoms with E-state index >= 15 is 0 Å². The third-order valence-corrected chi connectivity index (χ3v) is 5.84. The molecule has 0 unspecified atom stereocenters. The van der Waals surface area contributed by atoms with Crippen molar-refractivity contribution in [1.29, 1.82) is 5.26 Å². The Labute approximate surface area is 185 Å². The standard InChI is InChI=1S/C24H24FN5O2/c1-29-22(15-5-7-19(32-2)8-6-15)21(16-3-4-17(14-26)20(25)13-16)28-23(24(29)31)30-11-9-18(27)10-12-30/h3-8,13,18H,9-12,27H2,1-2H3. The lowest BCUT2D eigenvalue weighted by Crippen LogP contribution is -2.43. The lowest BCUT2D eigenvalue weighted by Gasteiger charge is -2.31. The number of methoxy groups -OCH3 is 1. The van der Waals surface area contributed by atoms with Crippen LogP contribution in [0.4, 0.5) is 10.2 Å². The van der Waals surface area contributed by atoms with Crippen molar-refractivity contribution in [3.05, 3.63) is 64.2 Å². The Hall–Kier alpha value is -3.70. The van der Waals surface area contributed by atoms with Crippen molar-refractivity contribution in [3.8, 4) is 34.3 Å². The number of anilines is 1. The van der Waals surface area contributed by atoms with E-state index in [0.717, 1.165) is 18.4 Å². The van der Waals surface area contributed by atoms with E-state index in [9.17, 15) is 9.18 Å². The van der Waals surface area contributed by atoms with Gasteiger partial charge < -0.3 is 19.9 Å². The fourth-order valence-corrected chi connectivity index (χ4v) is 3.97. The monoisotopic (exact) mass is 433 g/mol. The van der Waals surface area contributed by atoms with Gasteiger partial charge in [0.2, 0.25) is 0 Å². The van der Waals surface area contributed by atoms with E-state index in [1.165, 1.54) is 12.1 Å². The summed E-state index contributed by atoms with van der Waals surface area (Å²) < 4.78 is 21.3. The van der Waals surface area contributed by atoms with E-state index in [-0.39, 0.29) is 17.2 Å². The molecule has 2 N–H and O–H groups in total. The predicted molar refractivity (Wildman–Crippen MR) is 121 cm³/mol. The molecular formula is C24H24FN5O2. The summed E-state index contributed by atoms with van der Waals surface area (Å²) in [5.41, 5.74) is 7.99. The van der Waals surface area contributed by atoms with E-state index in [0.29, 0.717) is 41.6 Å². The van der Waals surface area contributed by atoms with Crippen LogP contribution in [0.15, 0.2) is 47.3 Å². The quantitative estimate of drug-likeness (QED) is 0.679.